The quantitative estimate of drug-likeness (QED) is 0.203. The fourth-order valence-electron chi connectivity index (χ4n) is 3.34. The van der Waals surface area contributed by atoms with Gasteiger partial charge in [-0.1, -0.05) is 36.4 Å². The second kappa shape index (κ2) is 14.0. The molecule has 3 aromatic rings. The molecule has 0 aliphatic heterocycles. The zero-order valence-corrected chi connectivity index (χ0v) is 21.4. The van der Waals surface area contributed by atoms with Gasteiger partial charge < -0.3 is 24.8 Å². The molecule has 0 saturated heterocycles. The zero-order valence-electron chi connectivity index (χ0n) is 21.4. The summed E-state index contributed by atoms with van der Waals surface area (Å²) in [5, 5.41) is 9.21. The molecule has 3 amide bonds. The van der Waals surface area contributed by atoms with Gasteiger partial charge in [-0.05, 0) is 55.3 Å². The zero-order chi connectivity index (χ0) is 27.3. The molecule has 0 aliphatic carbocycles. The lowest BCUT2D eigenvalue weighted by Gasteiger charge is -2.13. The van der Waals surface area contributed by atoms with Gasteiger partial charge in [0.15, 0.2) is 18.1 Å². The van der Waals surface area contributed by atoms with Crippen LogP contribution in [0.1, 0.15) is 31.0 Å². The van der Waals surface area contributed by atoms with Crippen LogP contribution < -0.4 is 30.3 Å². The molecule has 0 radical (unpaired) electrons. The average molecular weight is 519 g/mol. The summed E-state index contributed by atoms with van der Waals surface area (Å²) in [5.74, 6) is -0.665. The van der Waals surface area contributed by atoms with Crippen LogP contribution in [-0.2, 0) is 14.4 Å². The standard InChI is InChI=1S/C28H30N4O6/c1-4-37-25-15-20(17-29-32-28(35)27(34)30-19(2)21-9-6-5-7-10-21)13-14-24(25)38-18-26(33)31-22-11-8-12-23(16-22)36-3/h5-17,19H,4,18H2,1-3H3,(H,30,34)(H,31,33)(H,32,35)/b29-17-/t19-/m0/s1. The maximum Gasteiger partial charge on any atom is 0.329 e. The van der Waals surface area contributed by atoms with Gasteiger partial charge in [-0.3, -0.25) is 14.4 Å². The SMILES string of the molecule is CCOc1cc(/C=N\NC(=O)C(=O)N[C@@H](C)c2ccccc2)ccc1OCC(=O)Nc1cccc(OC)c1. The Kier molecular flexibility index (Phi) is 10.2. The van der Waals surface area contributed by atoms with Crippen molar-refractivity contribution in [2.75, 3.05) is 25.6 Å². The lowest BCUT2D eigenvalue weighted by molar-refractivity contribution is -0.139. The van der Waals surface area contributed by atoms with Crippen LogP contribution in [-0.4, -0.2) is 44.3 Å². The number of hydrazone groups is 1. The molecule has 0 fully saturated rings. The Morgan fingerprint density at radius 2 is 1.71 bits per heavy atom. The molecule has 0 aromatic heterocycles. The Morgan fingerprint density at radius 1 is 0.921 bits per heavy atom. The van der Waals surface area contributed by atoms with Gasteiger partial charge in [0.05, 0.1) is 26.0 Å². The second-order valence-corrected chi connectivity index (χ2v) is 8.01. The van der Waals surface area contributed by atoms with Crippen LogP contribution in [0.3, 0.4) is 0 Å². The topological polar surface area (TPSA) is 127 Å². The summed E-state index contributed by atoms with van der Waals surface area (Å²) in [6, 6.07) is 20.9. The van der Waals surface area contributed by atoms with E-state index in [4.69, 9.17) is 14.2 Å². The minimum Gasteiger partial charge on any atom is -0.497 e. The first-order valence-corrected chi connectivity index (χ1v) is 11.9. The molecule has 3 aromatic carbocycles. The van der Waals surface area contributed by atoms with Crippen molar-refractivity contribution in [1.29, 1.82) is 0 Å². The van der Waals surface area contributed by atoms with Crippen LogP contribution in [0, 0.1) is 0 Å². The average Bonchev–Trinajstić information content (AvgIpc) is 2.93. The number of hydrogen-bond donors (Lipinski definition) is 3. The predicted octanol–water partition coefficient (Wildman–Crippen LogP) is 3.44. The van der Waals surface area contributed by atoms with E-state index in [9.17, 15) is 14.4 Å². The van der Waals surface area contributed by atoms with E-state index in [0.29, 0.717) is 35.1 Å². The molecule has 38 heavy (non-hydrogen) atoms. The van der Waals surface area contributed by atoms with Crippen molar-refractivity contribution in [3.8, 4) is 17.2 Å². The first kappa shape index (κ1) is 27.7. The van der Waals surface area contributed by atoms with Crippen molar-refractivity contribution in [3.05, 3.63) is 83.9 Å². The number of methoxy groups -OCH3 is 1. The van der Waals surface area contributed by atoms with E-state index in [1.807, 2.05) is 37.3 Å². The highest BCUT2D eigenvalue weighted by Crippen LogP contribution is 2.28. The summed E-state index contributed by atoms with van der Waals surface area (Å²) in [6.45, 7) is 3.72. The van der Waals surface area contributed by atoms with Crippen LogP contribution >= 0.6 is 0 Å². The van der Waals surface area contributed by atoms with Crippen LogP contribution in [0.2, 0.25) is 0 Å². The maximum atomic E-state index is 12.3. The maximum absolute atomic E-state index is 12.3. The first-order valence-electron chi connectivity index (χ1n) is 11.9. The minimum absolute atomic E-state index is 0.239. The normalized spacial score (nSPS) is 11.3. The van der Waals surface area contributed by atoms with Gasteiger partial charge in [0, 0.05) is 11.8 Å². The number of nitrogens with one attached hydrogen (secondary N) is 3. The number of nitrogens with zero attached hydrogens (tertiary/aromatic N) is 1. The van der Waals surface area contributed by atoms with Gasteiger partial charge >= 0.3 is 11.8 Å². The molecule has 3 rings (SSSR count). The van der Waals surface area contributed by atoms with Gasteiger partial charge in [-0.15, -0.1) is 0 Å². The fraction of sp³-hybridized carbons (Fsp3) is 0.214. The highest BCUT2D eigenvalue weighted by molar-refractivity contribution is 6.35. The highest BCUT2D eigenvalue weighted by atomic mass is 16.5. The molecule has 0 unspecified atom stereocenters. The molecule has 10 nitrogen and oxygen atoms in total. The Bertz CT molecular complexity index is 1280. The van der Waals surface area contributed by atoms with E-state index in [1.165, 1.54) is 6.21 Å². The third-order valence-corrected chi connectivity index (χ3v) is 5.21. The van der Waals surface area contributed by atoms with Crippen molar-refractivity contribution in [1.82, 2.24) is 10.7 Å². The van der Waals surface area contributed by atoms with E-state index in [2.05, 4.69) is 21.2 Å². The summed E-state index contributed by atoms with van der Waals surface area (Å²) >= 11 is 0. The summed E-state index contributed by atoms with van der Waals surface area (Å²) < 4.78 is 16.4. The van der Waals surface area contributed by atoms with E-state index < -0.39 is 11.8 Å². The van der Waals surface area contributed by atoms with E-state index in [0.717, 1.165) is 5.56 Å². The van der Waals surface area contributed by atoms with E-state index in [1.54, 1.807) is 56.5 Å². The number of carbonyl (C=O) groups excluding carboxylic acids is 3. The number of rotatable bonds is 11. The third kappa shape index (κ3) is 8.37. The summed E-state index contributed by atoms with van der Waals surface area (Å²) in [7, 11) is 1.55. The third-order valence-electron chi connectivity index (χ3n) is 5.21. The molecular weight excluding hydrogens is 488 g/mol. The molecule has 10 heteroatoms. The van der Waals surface area contributed by atoms with Gasteiger partial charge in [-0.2, -0.15) is 5.10 Å². The lowest BCUT2D eigenvalue weighted by Crippen LogP contribution is -2.39. The Balaban J connectivity index is 1.54. The molecule has 1 atom stereocenters. The molecule has 0 aliphatic rings. The van der Waals surface area contributed by atoms with Crippen LogP contribution in [0.25, 0.3) is 0 Å². The number of ether oxygens (including phenoxy) is 3. The molecular formula is C28H30N4O6. The first-order chi connectivity index (χ1) is 18.4. The van der Waals surface area contributed by atoms with Crippen LogP contribution in [0.15, 0.2) is 77.9 Å². The smallest absolute Gasteiger partial charge is 0.329 e. The van der Waals surface area contributed by atoms with Gasteiger partial charge in [0.25, 0.3) is 5.91 Å². The summed E-state index contributed by atoms with van der Waals surface area (Å²) in [5.41, 5.74) is 4.25. The molecule has 0 saturated carbocycles. The Hall–Kier alpha value is -4.86. The Morgan fingerprint density at radius 3 is 2.45 bits per heavy atom. The van der Waals surface area contributed by atoms with E-state index in [-0.39, 0.29) is 18.6 Å². The summed E-state index contributed by atoms with van der Waals surface area (Å²) in [4.78, 5) is 36.6. The largest absolute Gasteiger partial charge is 0.497 e. The van der Waals surface area contributed by atoms with E-state index >= 15 is 0 Å². The minimum atomic E-state index is -0.893. The van der Waals surface area contributed by atoms with Crippen LogP contribution in [0.5, 0.6) is 17.2 Å². The number of anilines is 1. The molecule has 0 bridgehead atoms. The van der Waals surface area contributed by atoms with Gasteiger partial charge in [0.2, 0.25) is 0 Å². The molecule has 198 valence electrons. The number of carbonyl (C=O) groups is 3. The number of hydrogen-bond acceptors (Lipinski definition) is 7. The van der Waals surface area contributed by atoms with Crippen molar-refractivity contribution in [2.24, 2.45) is 5.10 Å². The summed E-state index contributed by atoms with van der Waals surface area (Å²) in [6.07, 6.45) is 1.37. The van der Waals surface area contributed by atoms with Crippen molar-refractivity contribution in [3.63, 3.8) is 0 Å². The Labute approximate surface area is 221 Å². The van der Waals surface area contributed by atoms with Crippen molar-refractivity contribution < 1.29 is 28.6 Å². The number of amides is 3. The van der Waals surface area contributed by atoms with Gasteiger partial charge in [-0.25, -0.2) is 5.43 Å². The highest BCUT2D eigenvalue weighted by Gasteiger charge is 2.16. The van der Waals surface area contributed by atoms with Crippen LogP contribution in [0.4, 0.5) is 5.69 Å². The second-order valence-electron chi connectivity index (χ2n) is 8.01. The molecule has 0 spiro atoms. The lowest BCUT2D eigenvalue weighted by atomic mass is 10.1. The monoisotopic (exact) mass is 518 g/mol. The molecule has 3 N–H and O–H groups in total. The predicted molar refractivity (Wildman–Crippen MR) is 143 cm³/mol. The molecule has 0 heterocycles. The number of benzene rings is 3. The van der Waals surface area contributed by atoms with Crippen molar-refractivity contribution >= 4 is 29.6 Å². The van der Waals surface area contributed by atoms with Gasteiger partial charge in [0.1, 0.15) is 5.75 Å². The van der Waals surface area contributed by atoms with Crippen molar-refractivity contribution in [2.45, 2.75) is 19.9 Å². The fourth-order valence-corrected chi connectivity index (χ4v) is 3.34.